The van der Waals surface area contributed by atoms with Crippen molar-refractivity contribution in [2.24, 2.45) is 0 Å². The molecule has 2 heterocycles. The van der Waals surface area contributed by atoms with Crippen molar-refractivity contribution in [3.63, 3.8) is 0 Å². The van der Waals surface area contributed by atoms with E-state index >= 15 is 0 Å². The van der Waals surface area contributed by atoms with Crippen LogP contribution in [0.3, 0.4) is 0 Å². The van der Waals surface area contributed by atoms with Gasteiger partial charge < -0.3 is 19.6 Å². The van der Waals surface area contributed by atoms with Crippen LogP contribution in [0.25, 0.3) is 0 Å². The van der Waals surface area contributed by atoms with Crippen LogP contribution in [0.15, 0.2) is 0 Å². The van der Waals surface area contributed by atoms with Crippen LogP contribution in [-0.2, 0) is 19.1 Å². The largest absolute Gasteiger partial charge is 0.480 e. The summed E-state index contributed by atoms with van der Waals surface area (Å²) in [5.74, 6) is -1.41. The molecule has 2 rings (SSSR count). The number of aliphatic carboxylic acids is 1. The molecule has 19 heavy (non-hydrogen) atoms. The van der Waals surface area contributed by atoms with E-state index in [-0.39, 0.29) is 31.5 Å². The highest BCUT2D eigenvalue weighted by Crippen LogP contribution is 2.13. The molecule has 7 nitrogen and oxygen atoms in total. The topological polar surface area (TPSA) is 87.2 Å². The SMILES string of the molecule is O=C(O)C1COCCN1C(=O)CN1CCCCC1=O. The minimum atomic E-state index is -1.07. The Morgan fingerprint density at radius 1 is 1.32 bits per heavy atom. The molecule has 0 aromatic rings. The average molecular weight is 270 g/mol. The minimum Gasteiger partial charge on any atom is -0.480 e. The number of carbonyl (C=O) groups excluding carboxylic acids is 2. The number of likely N-dealkylation sites (tertiary alicyclic amines) is 1. The molecule has 1 atom stereocenters. The molecule has 0 radical (unpaired) electrons. The molecule has 2 aliphatic rings. The van der Waals surface area contributed by atoms with Crippen molar-refractivity contribution in [3.8, 4) is 0 Å². The first-order valence-corrected chi connectivity index (χ1v) is 6.47. The number of carboxylic acids is 1. The minimum absolute atomic E-state index is 0.00895. The van der Waals surface area contributed by atoms with E-state index in [0.717, 1.165) is 12.8 Å². The molecule has 0 aromatic carbocycles. The fraction of sp³-hybridized carbons (Fsp3) is 0.750. The van der Waals surface area contributed by atoms with E-state index in [1.54, 1.807) is 0 Å². The smallest absolute Gasteiger partial charge is 0.328 e. The highest BCUT2D eigenvalue weighted by Gasteiger charge is 2.34. The molecule has 0 saturated carbocycles. The molecule has 0 aliphatic carbocycles. The second kappa shape index (κ2) is 6.01. The van der Waals surface area contributed by atoms with Gasteiger partial charge in [-0.3, -0.25) is 9.59 Å². The zero-order valence-corrected chi connectivity index (χ0v) is 10.7. The van der Waals surface area contributed by atoms with E-state index in [4.69, 9.17) is 9.84 Å². The summed E-state index contributed by atoms with van der Waals surface area (Å²) in [6, 6.07) is -0.943. The third kappa shape index (κ3) is 3.23. The van der Waals surface area contributed by atoms with Crippen LogP contribution in [0.5, 0.6) is 0 Å². The summed E-state index contributed by atoms with van der Waals surface area (Å²) < 4.78 is 5.08. The molecule has 106 valence electrons. The van der Waals surface area contributed by atoms with Crippen LogP contribution in [-0.4, -0.2) is 71.6 Å². The lowest BCUT2D eigenvalue weighted by Crippen LogP contribution is -2.55. The molecule has 1 unspecified atom stereocenters. The van der Waals surface area contributed by atoms with Gasteiger partial charge in [0.15, 0.2) is 6.04 Å². The first kappa shape index (κ1) is 13.8. The van der Waals surface area contributed by atoms with Crippen molar-refractivity contribution in [1.82, 2.24) is 9.80 Å². The number of carbonyl (C=O) groups is 3. The fourth-order valence-corrected chi connectivity index (χ4v) is 2.39. The number of ether oxygens (including phenoxy) is 1. The summed E-state index contributed by atoms with van der Waals surface area (Å²) in [6.45, 7) is 1.16. The highest BCUT2D eigenvalue weighted by molar-refractivity contribution is 5.88. The molecule has 2 amide bonds. The summed E-state index contributed by atoms with van der Waals surface area (Å²) >= 11 is 0. The van der Waals surface area contributed by atoms with E-state index in [1.807, 2.05) is 0 Å². The second-order valence-corrected chi connectivity index (χ2v) is 4.79. The lowest BCUT2D eigenvalue weighted by Gasteiger charge is -2.35. The van der Waals surface area contributed by atoms with Gasteiger partial charge in [-0.15, -0.1) is 0 Å². The lowest BCUT2D eigenvalue weighted by atomic mass is 10.1. The molecule has 2 fully saturated rings. The van der Waals surface area contributed by atoms with Gasteiger partial charge in [-0.1, -0.05) is 0 Å². The van der Waals surface area contributed by atoms with Crippen molar-refractivity contribution in [1.29, 1.82) is 0 Å². The number of rotatable bonds is 3. The molecule has 7 heteroatoms. The van der Waals surface area contributed by atoms with Crippen molar-refractivity contribution >= 4 is 17.8 Å². The Kier molecular flexibility index (Phi) is 4.36. The normalized spacial score (nSPS) is 24.4. The number of amides is 2. The molecule has 0 spiro atoms. The fourth-order valence-electron chi connectivity index (χ4n) is 2.39. The summed E-state index contributed by atoms with van der Waals surface area (Å²) in [5, 5.41) is 9.06. The van der Waals surface area contributed by atoms with Crippen molar-refractivity contribution in [3.05, 3.63) is 0 Å². The Morgan fingerprint density at radius 2 is 2.11 bits per heavy atom. The third-order valence-electron chi connectivity index (χ3n) is 3.48. The van der Waals surface area contributed by atoms with Crippen LogP contribution >= 0.6 is 0 Å². The van der Waals surface area contributed by atoms with Crippen LogP contribution in [0.2, 0.25) is 0 Å². The molecule has 1 N–H and O–H groups in total. The maximum Gasteiger partial charge on any atom is 0.328 e. The predicted octanol–water partition coefficient (Wildman–Crippen LogP) is -0.689. The van der Waals surface area contributed by atoms with Crippen LogP contribution in [0.1, 0.15) is 19.3 Å². The molecule has 0 aromatic heterocycles. The Labute approximate surface area is 111 Å². The van der Waals surface area contributed by atoms with Gasteiger partial charge in [0.25, 0.3) is 0 Å². The van der Waals surface area contributed by atoms with E-state index < -0.39 is 12.0 Å². The van der Waals surface area contributed by atoms with Gasteiger partial charge in [-0.05, 0) is 12.8 Å². The van der Waals surface area contributed by atoms with E-state index in [1.165, 1.54) is 9.80 Å². The summed E-state index contributed by atoms with van der Waals surface area (Å²) in [5.41, 5.74) is 0. The zero-order valence-electron chi connectivity index (χ0n) is 10.7. The number of hydrogen-bond donors (Lipinski definition) is 1. The lowest BCUT2D eigenvalue weighted by molar-refractivity contribution is -0.159. The predicted molar refractivity (Wildman–Crippen MR) is 64.4 cm³/mol. The van der Waals surface area contributed by atoms with Gasteiger partial charge >= 0.3 is 5.97 Å². The monoisotopic (exact) mass is 270 g/mol. The van der Waals surface area contributed by atoms with Gasteiger partial charge in [0, 0.05) is 19.5 Å². The second-order valence-electron chi connectivity index (χ2n) is 4.79. The van der Waals surface area contributed by atoms with Crippen molar-refractivity contribution in [2.75, 3.05) is 32.8 Å². The zero-order chi connectivity index (χ0) is 13.8. The highest BCUT2D eigenvalue weighted by atomic mass is 16.5. The van der Waals surface area contributed by atoms with E-state index in [9.17, 15) is 14.4 Å². The maximum atomic E-state index is 12.1. The summed E-state index contributed by atoms with van der Waals surface area (Å²) in [6.07, 6.45) is 2.22. The molecular formula is C12H18N2O5. The Balaban J connectivity index is 1.97. The molecular weight excluding hydrogens is 252 g/mol. The summed E-state index contributed by atoms with van der Waals surface area (Å²) in [4.78, 5) is 37.7. The standard InChI is InChI=1S/C12H18N2O5/c15-10-3-1-2-4-13(10)7-11(16)14-5-6-19-8-9(14)12(17)18/h9H,1-8H2,(H,17,18). The quantitative estimate of drug-likeness (QED) is 0.733. The molecule has 2 saturated heterocycles. The third-order valence-corrected chi connectivity index (χ3v) is 3.48. The van der Waals surface area contributed by atoms with Crippen LogP contribution < -0.4 is 0 Å². The van der Waals surface area contributed by atoms with Gasteiger partial charge in [0.2, 0.25) is 11.8 Å². The number of piperidine rings is 1. The first-order chi connectivity index (χ1) is 9.09. The number of carboxylic acid groups (broad SMARTS) is 1. The Hall–Kier alpha value is -1.63. The molecule has 0 bridgehead atoms. The van der Waals surface area contributed by atoms with Crippen molar-refractivity contribution in [2.45, 2.75) is 25.3 Å². The molecule has 2 aliphatic heterocycles. The maximum absolute atomic E-state index is 12.1. The van der Waals surface area contributed by atoms with Gasteiger partial charge in [-0.2, -0.15) is 0 Å². The van der Waals surface area contributed by atoms with Gasteiger partial charge in [-0.25, -0.2) is 4.79 Å². The van der Waals surface area contributed by atoms with E-state index in [2.05, 4.69) is 0 Å². The van der Waals surface area contributed by atoms with Crippen LogP contribution in [0.4, 0.5) is 0 Å². The van der Waals surface area contributed by atoms with Gasteiger partial charge in [0.05, 0.1) is 19.8 Å². The van der Waals surface area contributed by atoms with E-state index in [0.29, 0.717) is 19.6 Å². The number of morpholine rings is 1. The van der Waals surface area contributed by atoms with Crippen LogP contribution in [0, 0.1) is 0 Å². The summed E-state index contributed by atoms with van der Waals surface area (Å²) in [7, 11) is 0. The Morgan fingerprint density at radius 3 is 2.79 bits per heavy atom. The first-order valence-electron chi connectivity index (χ1n) is 6.47. The van der Waals surface area contributed by atoms with Crippen molar-refractivity contribution < 1.29 is 24.2 Å². The Bertz CT molecular complexity index is 384. The van der Waals surface area contributed by atoms with Gasteiger partial charge in [0.1, 0.15) is 0 Å². The number of nitrogens with zero attached hydrogens (tertiary/aromatic N) is 2. The number of hydrogen-bond acceptors (Lipinski definition) is 4. The average Bonchev–Trinajstić information content (AvgIpc) is 2.41.